The summed E-state index contributed by atoms with van der Waals surface area (Å²) < 4.78 is 1.12. The fraction of sp³-hybridized carbons (Fsp3) is 0.0714. The maximum atomic E-state index is 12.0. The number of rotatable bonds is 2. The van der Waals surface area contributed by atoms with Crippen LogP contribution in [0.25, 0.3) is 0 Å². The fourth-order valence-electron chi connectivity index (χ4n) is 1.57. The molecular weight excluding hydrogens is 339 g/mol. The predicted molar refractivity (Wildman–Crippen MR) is 82.7 cm³/mol. The van der Waals surface area contributed by atoms with Gasteiger partial charge in [0.1, 0.15) is 0 Å². The Morgan fingerprint density at radius 3 is 2.61 bits per heavy atom. The highest BCUT2D eigenvalue weighted by Crippen LogP contribution is 2.19. The summed E-state index contributed by atoms with van der Waals surface area (Å²) in [7, 11) is 0. The molecule has 3 nitrogen and oxygen atoms in total. The van der Waals surface area contributed by atoms with Gasteiger partial charge in [-0.05, 0) is 59.3 Å². The van der Waals surface area contributed by atoms with E-state index in [4.69, 9.17) is 5.73 Å². The highest BCUT2D eigenvalue weighted by molar-refractivity contribution is 14.1. The molecule has 0 aliphatic heterocycles. The third-order valence-corrected chi connectivity index (χ3v) is 3.80. The summed E-state index contributed by atoms with van der Waals surface area (Å²) in [5.74, 6) is -0.187. The van der Waals surface area contributed by atoms with Crippen molar-refractivity contribution in [2.45, 2.75) is 6.92 Å². The molecule has 0 saturated carbocycles. The minimum absolute atomic E-state index is 0.187. The third-order valence-electron chi connectivity index (χ3n) is 2.64. The number of nitrogen functional groups attached to an aromatic ring is 1. The number of amides is 1. The zero-order valence-electron chi connectivity index (χ0n) is 9.91. The molecule has 3 N–H and O–H groups in total. The van der Waals surface area contributed by atoms with Crippen molar-refractivity contribution in [2.24, 2.45) is 0 Å². The first kappa shape index (κ1) is 12.9. The summed E-state index contributed by atoms with van der Waals surface area (Å²) in [6, 6.07) is 12.8. The Labute approximate surface area is 120 Å². The molecule has 0 aliphatic carbocycles. The van der Waals surface area contributed by atoms with Crippen molar-refractivity contribution >= 4 is 39.9 Å². The number of nitrogens with one attached hydrogen (secondary N) is 1. The van der Waals surface area contributed by atoms with Crippen LogP contribution in [0.3, 0.4) is 0 Å². The molecule has 0 atom stereocenters. The quantitative estimate of drug-likeness (QED) is 0.643. The van der Waals surface area contributed by atoms with Crippen molar-refractivity contribution in [3.63, 3.8) is 0 Å². The lowest BCUT2D eigenvalue weighted by atomic mass is 10.1. The van der Waals surface area contributed by atoms with Gasteiger partial charge in [-0.3, -0.25) is 4.79 Å². The molecule has 18 heavy (non-hydrogen) atoms. The molecule has 0 heterocycles. The van der Waals surface area contributed by atoms with Crippen LogP contribution in [0.15, 0.2) is 42.5 Å². The number of carbonyl (C=O) groups is 1. The van der Waals surface area contributed by atoms with Crippen LogP contribution in [0, 0.1) is 10.5 Å². The number of anilines is 2. The Balaban J connectivity index is 2.22. The molecule has 0 saturated heterocycles. The van der Waals surface area contributed by atoms with Gasteiger partial charge in [-0.15, -0.1) is 0 Å². The SMILES string of the molecule is Cc1ccc(NC(=O)c2ccccc2N)cc1I. The van der Waals surface area contributed by atoms with Crippen LogP contribution in [0.1, 0.15) is 15.9 Å². The van der Waals surface area contributed by atoms with Gasteiger partial charge in [0, 0.05) is 14.9 Å². The van der Waals surface area contributed by atoms with Gasteiger partial charge in [-0.25, -0.2) is 0 Å². The number of hydrogen-bond donors (Lipinski definition) is 2. The van der Waals surface area contributed by atoms with Gasteiger partial charge < -0.3 is 11.1 Å². The molecule has 1 amide bonds. The van der Waals surface area contributed by atoms with Crippen molar-refractivity contribution in [2.75, 3.05) is 11.1 Å². The van der Waals surface area contributed by atoms with Crippen molar-refractivity contribution in [3.05, 3.63) is 57.2 Å². The molecule has 0 unspecified atom stereocenters. The van der Waals surface area contributed by atoms with E-state index in [9.17, 15) is 4.79 Å². The van der Waals surface area contributed by atoms with E-state index < -0.39 is 0 Å². The van der Waals surface area contributed by atoms with Crippen molar-refractivity contribution in [1.82, 2.24) is 0 Å². The Bertz CT molecular complexity index is 596. The Morgan fingerprint density at radius 2 is 1.94 bits per heavy atom. The number of carbonyl (C=O) groups excluding carboxylic acids is 1. The van der Waals surface area contributed by atoms with Crippen LogP contribution in [-0.2, 0) is 0 Å². The summed E-state index contributed by atoms with van der Waals surface area (Å²) >= 11 is 2.24. The molecule has 0 aromatic heterocycles. The second-order valence-electron chi connectivity index (χ2n) is 4.01. The summed E-state index contributed by atoms with van der Waals surface area (Å²) in [5, 5.41) is 2.84. The summed E-state index contributed by atoms with van der Waals surface area (Å²) in [4.78, 5) is 12.0. The highest BCUT2D eigenvalue weighted by Gasteiger charge is 2.09. The van der Waals surface area contributed by atoms with Crippen LogP contribution in [-0.4, -0.2) is 5.91 Å². The molecule has 2 aromatic carbocycles. The molecule has 0 fully saturated rings. The first-order valence-electron chi connectivity index (χ1n) is 5.50. The predicted octanol–water partition coefficient (Wildman–Crippen LogP) is 3.43. The molecule has 0 radical (unpaired) electrons. The molecule has 0 bridgehead atoms. The van der Waals surface area contributed by atoms with Crippen LogP contribution in [0.5, 0.6) is 0 Å². The number of aryl methyl sites for hydroxylation is 1. The van der Waals surface area contributed by atoms with Crippen LogP contribution in [0.4, 0.5) is 11.4 Å². The lowest BCUT2D eigenvalue weighted by Crippen LogP contribution is -2.14. The van der Waals surface area contributed by atoms with E-state index in [0.717, 1.165) is 9.26 Å². The van der Waals surface area contributed by atoms with E-state index in [-0.39, 0.29) is 5.91 Å². The van der Waals surface area contributed by atoms with Gasteiger partial charge in [-0.1, -0.05) is 18.2 Å². The van der Waals surface area contributed by atoms with Crippen LogP contribution >= 0.6 is 22.6 Å². The van der Waals surface area contributed by atoms with E-state index in [1.807, 2.05) is 25.1 Å². The normalized spacial score (nSPS) is 10.1. The van der Waals surface area contributed by atoms with E-state index in [1.54, 1.807) is 24.3 Å². The molecule has 2 rings (SSSR count). The number of hydrogen-bond acceptors (Lipinski definition) is 2. The third kappa shape index (κ3) is 2.81. The minimum Gasteiger partial charge on any atom is -0.398 e. The average Bonchev–Trinajstić information content (AvgIpc) is 2.34. The van der Waals surface area contributed by atoms with E-state index in [0.29, 0.717) is 11.3 Å². The number of benzene rings is 2. The van der Waals surface area contributed by atoms with E-state index >= 15 is 0 Å². The summed E-state index contributed by atoms with van der Waals surface area (Å²) in [6.07, 6.45) is 0. The van der Waals surface area contributed by atoms with Crippen LogP contribution in [0.2, 0.25) is 0 Å². The highest BCUT2D eigenvalue weighted by atomic mass is 127. The Hall–Kier alpha value is -1.56. The van der Waals surface area contributed by atoms with Crippen molar-refractivity contribution < 1.29 is 4.79 Å². The smallest absolute Gasteiger partial charge is 0.257 e. The lowest BCUT2D eigenvalue weighted by molar-refractivity contribution is 0.102. The molecule has 4 heteroatoms. The Morgan fingerprint density at radius 1 is 1.22 bits per heavy atom. The molecular formula is C14H13IN2O. The number of halogens is 1. The zero-order valence-corrected chi connectivity index (χ0v) is 12.1. The zero-order chi connectivity index (χ0) is 13.1. The van der Waals surface area contributed by atoms with Gasteiger partial charge in [0.15, 0.2) is 0 Å². The average molecular weight is 352 g/mol. The van der Waals surface area contributed by atoms with Crippen LogP contribution < -0.4 is 11.1 Å². The van der Waals surface area contributed by atoms with Gasteiger partial charge in [0.25, 0.3) is 5.91 Å². The van der Waals surface area contributed by atoms with Gasteiger partial charge in [-0.2, -0.15) is 0 Å². The number of para-hydroxylation sites is 1. The monoisotopic (exact) mass is 352 g/mol. The Kier molecular flexibility index (Phi) is 3.86. The molecule has 0 aliphatic rings. The van der Waals surface area contributed by atoms with E-state index in [1.165, 1.54) is 5.56 Å². The number of nitrogens with two attached hydrogens (primary N) is 1. The maximum absolute atomic E-state index is 12.0. The largest absolute Gasteiger partial charge is 0.398 e. The standard InChI is InChI=1S/C14H13IN2O/c1-9-6-7-10(8-12(9)15)17-14(18)11-4-2-3-5-13(11)16/h2-8H,16H2,1H3,(H,17,18). The van der Waals surface area contributed by atoms with Gasteiger partial charge in [0.05, 0.1) is 5.56 Å². The fourth-order valence-corrected chi connectivity index (χ4v) is 2.09. The minimum atomic E-state index is -0.187. The van der Waals surface area contributed by atoms with Gasteiger partial charge in [0.2, 0.25) is 0 Å². The second-order valence-corrected chi connectivity index (χ2v) is 5.17. The van der Waals surface area contributed by atoms with Crippen molar-refractivity contribution in [3.8, 4) is 0 Å². The van der Waals surface area contributed by atoms with E-state index in [2.05, 4.69) is 27.9 Å². The van der Waals surface area contributed by atoms with Crippen molar-refractivity contribution in [1.29, 1.82) is 0 Å². The first-order valence-corrected chi connectivity index (χ1v) is 6.58. The molecule has 0 spiro atoms. The maximum Gasteiger partial charge on any atom is 0.257 e. The first-order chi connectivity index (χ1) is 8.58. The summed E-state index contributed by atoms with van der Waals surface area (Å²) in [6.45, 7) is 2.03. The van der Waals surface area contributed by atoms with Gasteiger partial charge >= 0.3 is 0 Å². The summed E-state index contributed by atoms with van der Waals surface area (Å²) in [5.41, 5.74) is 8.71. The molecule has 92 valence electrons. The second kappa shape index (κ2) is 5.39. The topological polar surface area (TPSA) is 55.1 Å². The molecule has 2 aromatic rings. The lowest BCUT2D eigenvalue weighted by Gasteiger charge is -2.08.